The Balaban J connectivity index is 0.000000145. The molecule has 2 N–H and O–H groups in total. The van der Waals surface area contributed by atoms with Gasteiger partial charge in [-0.25, -0.2) is 0 Å². The first-order valence-corrected chi connectivity index (χ1v) is 55.8. The fourth-order valence-electron chi connectivity index (χ4n) is 21.3. The summed E-state index contributed by atoms with van der Waals surface area (Å²) >= 11 is 0. The van der Waals surface area contributed by atoms with Gasteiger partial charge in [-0.1, -0.05) is 206 Å². The molecule has 12 fully saturated rings. The summed E-state index contributed by atoms with van der Waals surface area (Å²) in [5.74, 6) is 0.877. The molecule has 0 amide bonds. The van der Waals surface area contributed by atoms with Gasteiger partial charge < -0.3 is 76.1 Å². The number of carbonyl (C=O) groups excluding carboxylic acids is 6. The average Bonchev–Trinajstić information content (AvgIpc) is 1.66. The van der Waals surface area contributed by atoms with E-state index in [1.165, 1.54) is 22.3 Å². The minimum Gasteiger partial charge on any atom is -0.462 e. The zero-order valence-electron chi connectivity index (χ0n) is 78.2. The lowest BCUT2D eigenvalue weighted by atomic mass is 9.91. The molecule has 137 heavy (non-hydrogen) atoms. The molecule has 7 saturated heterocycles. The maximum atomic E-state index is 12.2. The normalized spacial score (nSPS) is 30.2. The molecule has 37 heteroatoms. The highest BCUT2D eigenvalue weighted by molar-refractivity contribution is 7.93. The van der Waals surface area contributed by atoms with Crippen LogP contribution in [0.25, 0.3) is 0 Å². The topological polar surface area (TPSA) is 272 Å². The second-order valence-corrected chi connectivity index (χ2v) is 48.2. The van der Waals surface area contributed by atoms with Crippen LogP contribution in [-0.2, 0) is 127 Å². The SMILES string of the molecule is O=C(/C=C/[C@@H]1[C@H]2CC(=O)O[C@H]2C[C@H]1OB(P)P)CCc1ccccc1.O=C1C[C@@H]2[C@@H](/C=C/[C@@H](CCc3ccccc3)OC3CCCCO3)[C@H](OB(P)P)C[C@@H]2O1.O=C1C[C@@H]2[C@@H](/C=C/[C@@H](O)CCc3ccccc3)[C@H](OB(P)P)C[C@@H]2O1.O=C1C[C@@H]2[C@@H](/C=C/[C@H](CCc3ccccc3)OC3CCCCO3)[C@H](OB(P)P)C[C@@H]2O1.O=C1C[C@@H]2[C@@H](/C=C/[C@H](O)CCc3ccccc3)[C@H](OB(P)P)C[C@@H]2O1. The third-order valence-electron chi connectivity index (χ3n) is 27.8. The van der Waals surface area contributed by atoms with Crippen LogP contribution in [0.5, 0.6) is 0 Å². The summed E-state index contributed by atoms with van der Waals surface area (Å²) in [6.45, 7) is 1.54. The van der Waals surface area contributed by atoms with E-state index < -0.39 is 12.2 Å². The summed E-state index contributed by atoms with van der Waals surface area (Å²) in [6.07, 6.45) is 38.7. The number of ketones is 1. The zero-order chi connectivity index (χ0) is 96.7. The fourth-order valence-corrected chi connectivity index (χ4v) is 23.3. The van der Waals surface area contributed by atoms with E-state index >= 15 is 0 Å². The molecule has 0 aromatic heterocycles. The molecule has 5 aromatic rings. The molecule has 0 radical (unpaired) electrons. The lowest BCUT2D eigenvalue weighted by Gasteiger charge is -2.27. The number of fused-ring (bicyclic) bond motifs is 5. The Hall–Kier alpha value is -4.00. The number of carbonyl (C=O) groups is 6. The lowest BCUT2D eigenvalue weighted by Crippen LogP contribution is -2.28. The largest absolute Gasteiger partial charge is 0.462 e. The minimum atomic E-state index is -0.499. The summed E-state index contributed by atoms with van der Waals surface area (Å²) in [5, 5.41) is 20.6. The number of hydrogen-bond donors (Lipinski definition) is 2. The first-order valence-electron chi connectivity index (χ1n) is 49.1. The van der Waals surface area contributed by atoms with E-state index in [2.05, 4.69) is 188 Å². The maximum Gasteiger partial charge on any atom is 0.336 e. The van der Waals surface area contributed by atoms with Gasteiger partial charge in [0.2, 0.25) is 0 Å². The highest BCUT2D eigenvalue weighted by Gasteiger charge is 2.55. The summed E-state index contributed by atoms with van der Waals surface area (Å²) in [5.41, 5.74) is 6.22. The molecule has 7 aliphatic heterocycles. The molecule has 7 heterocycles. The van der Waals surface area contributed by atoms with E-state index in [1.807, 2.05) is 109 Å². The summed E-state index contributed by atoms with van der Waals surface area (Å²) in [6, 6.07) is 51.3. The molecule has 36 atom stereocenters. The van der Waals surface area contributed by atoms with Crippen LogP contribution in [0.15, 0.2) is 212 Å². The van der Waals surface area contributed by atoms with Gasteiger partial charge in [0.15, 0.2) is 18.4 Å². The van der Waals surface area contributed by atoms with E-state index in [-0.39, 0.29) is 212 Å². The van der Waals surface area contributed by atoms with Crippen LogP contribution in [0, 0.1) is 59.2 Å². The van der Waals surface area contributed by atoms with Crippen molar-refractivity contribution in [1.82, 2.24) is 0 Å². The number of aryl methyl sites for hydroxylation is 5. The monoisotopic (exact) mass is 2060 g/mol. The van der Waals surface area contributed by atoms with Crippen molar-refractivity contribution in [2.24, 2.45) is 59.2 Å². The van der Waals surface area contributed by atoms with Crippen molar-refractivity contribution in [1.29, 1.82) is 0 Å². The van der Waals surface area contributed by atoms with Gasteiger partial charge in [-0.15, -0.1) is 91.2 Å². The Labute approximate surface area is 835 Å². The van der Waals surface area contributed by atoms with Crippen LogP contribution < -0.4 is 0 Å². The van der Waals surface area contributed by atoms with Crippen LogP contribution in [0.3, 0.4) is 0 Å². The lowest BCUT2D eigenvalue weighted by molar-refractivity contribution is -0.179. The average molecular weight is 2060 g/mol. The van der Waals surface area contributed by atoms with E-state index in [4.69, 9.17) is 65.9 Å². The van der Waals surface area contributed by atoms with Crippen molar-refractivity contribution in [3.05, 3.63) is 240 Å². The molecule has 22 nitrogen and oxygen atoms in total. The summed E-state index contributed by atoms with van der Waals surface area (Å²) in [4.78, 5) is 70.7. The predicted molar refractivity (Wildman–Crippen MR) is 574 cm³/mol. The minimum absolute atomic E-state index is 0.0145. The Kier molecular flexibility index (Phi) is 46.0. The van der Waals surface area contributed by atoms with Gasteiger partial charge in [0, 0.05) is 111 Å². The smallest absolute Gasteiger partial charge is 0.336 e. The van der Waals surface area contributed by atoms with Crippen molar-refractivity contribution >= 4 is 159 Å². The standard InChI is InChI=1S/2C23H33BO5P2.2C18H25BO4P2.C18H23BO4P2/c2*25-22-14-19-18(21(29-24(30)31)15-20(19)28-22)12-11-17(27-23-8-4-5-13-26-23)10-9-16-6-2-1-3-7-16;3*20-13(7-6-12-4-2-1-3-5-12)8-9-14-15-10-18(21)22-16(15)11-17(14)23-19(24)25/h2*1-3,6-7,11-12,17-21,23H,4-5,8-10,13-15,30-31H2;2*1-5,8-9,13-17,20H,6-7,10-11,24-25H2;1-5,8-9,14-17H,6-7,10-11,24-25H2/b2*12-11+;3*9-8+/t17-,18+,19+,20-,21+,23?;17-,18-,19-,20+,21-,23?;13-,14+,15+,16-,17+;13-,14-,15-,16+,17-;14-,15-,16+,17-/m01011/s1. The number of allylic oxidation sites excluding steroid dienone is 1. The molecule has 736 valence electrons. The molecule has 5 saturated carbocycles. The molecule has 17 rings (SSSR count). The van der Waals surface area contributed by atoms with Gasteiger partial charge in [-0.2, -0.15) is 0 Å². The number of aliphatic hydroxyl groups excluding tert-OH is 2. The van der Waals surface area contributed by atoms with Crippen LogP contribution >= 0.6 is 91.2 Å². The first kappa shape index (κ1) is 110. The Morgan fingerprint density at radius 1 is 0.336 bits per heavy atom. The van der Waals surface area contributed by atoms with E-state index in [0.29, 0.717) is 57.8 Å². The summed E-state index contributed by atoms with van der Waals surface area (Å²) < 4.78 is 81.8. The van der Waals surface area contributed by atoms with Crippen molar-refractivity contribution in [2.75, 3.05) is 13.2 Å². The van der Waals surface area contributed by atoms with Gasteiger partial charge in [0.25, 0.3) is 0 Å². The molecular formula is C100H139B5O22P10. The number of rotatable bonds is 39. The third kappa shape index (κ3) is 35.7. The molecule has 12 aliphatic rings. The number of benzene rings is 5. The molecule has 0 bridgehead atoms. The summed E-state index contributed by atoms with van der Waals surface area (Å²) in [7, 11) is 26.3. The van der Waals surface area contributed by atoms with Crippen molar-refractivity contribution in [3.8, 4) is 0 Å². The second kappa shape index (κ2) is 57.2. The van der Waals surface area contributed by atoms with Crippen LogP contribution in [-0.4, -0.2) is 189 Å². The van der Waals surface area contributed by atoms with Crippen molar-refractivity contribution in [2.45, 2.75) is 265 Å². The third-order valence-corrected chi connectivity index (χ3v) is 29.4. The maximum absolute atomic E-state index is 12.2. The zero-order valence-corrected chi connectivity index (χ0v) is 89.8. The van der Waals surface area contributed by atoms with E-state index in [1.54, 1.807) is 6.08 Å². The van der Waals surface area contributed by atoms with Gasteiger partial charge in [-0.05, 0) is 130 Å². The molecule has 12 unspecified atom stereocenters. The quantitative estimate of drug-likeness (QED) is 0.00924. The van der Waals surface area contributed by atoms with E-state index in [9.17, 15) is 39.0 Å². The molecule has 5 aliphatic carbocycles. The number of ether oxygens (including phenoxy) is 9. The number of aliphatic hydroxyl groups is 2. The highest BCUT2D eigenvalue weighted by atomic mass is 31.1. The van der Waals surface area contributed by atoms with Gasteiger partial charge in [-0.3, -0.25) is 28.8 Å². The van der Waals surface area contributed by atoms with Gasteiger partial charge >= 0.3 is 61.6 Å². The highest BCUT2D eigenvalue weighted by Crippen LogP contribution is 2.50. The Morgan fingerprint density at radius 2 is 0.584 bits per heavy atom. The molecular weight excluding hydrogens is 1920 g/mol. The van der Waals surface area contributed by atoms with E-state index in [0.717, 1.165) is 128 Å². The van der Waals surface area contributed by atoms with Crippen LogP contribution in [0.1, 0.15) is 163 Å². The number of hydrogen-bond acceptors (Lipinski definition) is 22. The van der Waals surface area contributed by atoms with Crippen LogP contribution in [0.2, 0.25) is 0 Å². The Bertz CT molecular complexity index is 4460. The fraction of sp³-hybridized carbons (Fsp3) is 0.540. The van der Waals surface area contributed by atoms with Crippen molar-refractivity contribution in [3.63, 3.8) is 0 Å². The van der Waals surface area contributed by atoms with Crippen molar-refractivity contribution < 1.29 is 105 Å². The molecule has 5 aromatic carbocycles. The number of esters is 5. The predicted octanol–water partition coefficient (Wildman–Crippen LogP) is 16.4. The van der Waals surface area contributed by atoms with Crippen LogP contribution in [0.4, 0.5) is 0 Å². The second-order valence-electron chi connectivity index (χ2n) is 37.8. The Morgan fingerprint density at radius 3 is 0.839 bits per heavy atom. The van der Waals surface area contributed by atoms with Gasteiger partial charge in [0.05, 0.1) is 87.0 Å². The first-order chi connectivity index (χ1) is 66.2. The van der Waals surface area contributed by atoms with Gasteiger partial charge in [0.1, 0.15) is 30.5 Å². The molecule has 0 spiro atoms.